The number of halogens is 1. The lowest BCUT2D eigenvalue weighted by atomic mass is 10.2. The fourth-order valence-corrected chi connectivity index (χ4v) is 2.23. The Morgan fingerprint density at radius 2 is 2.00 bits per heavy atom. The number of hydrogen-bond acceptors (Lipinski definition) is 5. The molecule has 0 aromatic heterocycles. The quantitative estimate of drug-likeness (QED) is 0.605. The second-order valence-electron chi connectivity index (χ2n) is 4.89. The normalized spacial score (nSPS) is 10.0. The van der Waals surface area contributed by atoms with Crippen molar-refractivity contribution in [2.75, 3.05) is 19.0 Å². The second-order valence-corrected chi connectivity index (χ2v) is 5.29. The first-order valence-electron chi connectivity index (χ1n) is 7.06. The molecule has 0 aliphatic carbocycles. The van der Waals surface area contributed by atoms with Gasteiger partial charge < -0.3 is 15.4 Å². The number of anilines is 1. The van der Waals surface area contributed by atoms with Gasteiger partial charge in [0.25, 0.3) is 11.6 Å². The molecule has 0 saturated heterocycles. The number of nitro groups is 1. The van der Waals surface area contributed by atoms with Crippen molar-refractivity contribution in [1.82, 2.24) is 5.32 Å². The number of nitro benzene ring substituents is 1. The maximum atomic E-state index is 12.0. The van der Waals surface area contributed by atoms with Gasteiger partial charge in [0.2, 0.25) is 5.91 Å². The Morgan fingerprint density at radius 3 is 2.64 bits per heavy atom. The lowest BCUT2D eigenvalue weighted by Crippen LogP contribution is -2.32. The van der Waals surface area contributed by atoms with Crippen molar-refractivity contribution in [2.45, 2.75) is 0 Å². The number of amides is 2. The molecule has 0 spiro atoms. The third kappa shape index (κ3) is 4.92. The second kappa shape index (κ2) is 8.11. The van der Waals surface area contributed by atoms with Crippen molar-refractivity contribution in [2.24, 2.45) is 0 Å². The van der Waals surface area contributed by atoms with Gasteiger partial charge in [0.1, 0.15) is 5.75 Å². The average molecular weight is 364 g/mol. The van der Waals surface area contributed by atoms with Crippen molar-refractivity contribution >= 4 is 34.8 Å². The average Bonchev–Trinajstić information content (AvgIpc) is 2.60. The summed E-state index contributed by atoms with van der Waals surface area (Å²) >= 11 is 5.96. The number of nitrogens with zero attached hydrogens (tertiary/aromatic N) is 1. The first-order valence-corrected chi connectivity index (χ1v) is 7.44. The molecule has 8 nitrogen and oxygen atoms in total. The molecule has 2 aromatic rings. The van der Waals surface area contributed by atoms with E-state index in [0.29, 0.717) is 16.5 Å². The first kappa shape index (κ1) is 18.2. The van der Waals surface area contributed by atoms with Gasteiger partial charge in [-0.05, 0) is 24.3 Å². The van der Waals surface area contributed by atoms with Gasteiger partial charge in [-0.1, -0.05) is 17.7 Å². The molecule has 9 heteroatoms. The summed E-state index contributed by atoms with van der Waals surface area (Å²) in [4.78, 5) is 34.0. The molecule has 2 N–H and O–H groups in total. The van der Waals surface area contributed by atoms with Crippen LogP contribution in [0.2, 0.25) is 5.02 Å². The summed E-state index contributed by atoms with van der Waals surface area (Å²) in [5, 5.41) is 16.0. The summed E-state index contributed by atoms with van der Waals surface area (Å²) in [5.74, 6) is -0.592. The van der Waals surface area contributed by atoms with E-state index in [1.165, 1.54) is 31.4 Å². The summed E-state index contributed by atoms with van der Waals surface area (Å²) in [7, 11) is 1.48. The molecular formula is C16H14ClN3O5. The summed E-state index contributed by atoms with van der Waals surface area (Å²) in [6, 6.07) is 9.94. The lowest BCUT2D eigenvalue weighted by molar-refractivity contribution is -0.384. The van der Waals surface area contributed by atoms with Gasteiger partial charge in [-0.15, -0.1) is 0 Å². The van der Waals surface area contributed by atoms with Gasteiger partial charge in [0.05, 0.1) is 23.6 Å². The monoisotopic (exact) mass is 363 g/mol. The third-order valence-electron chi connectivity index (χ3n) is 3.16. The summed E-state index contributed by atoms with van der Waals surface area (Å²) < 4.78 is 5.01. The Morgan fingerprint density at radius 1 is 1.24 bits per heavy atom. The number of benzene rings is 2. The molecule has 0 unspecified atom stereocenters. The van der Waals surface area contributed by atoms with E-state index in [0.717, 1.165) is 6.07 Å². The lowest BCUT2D eigenvalue weighted by Gasteiger charge is -2.09. The molecule has 0 bridgehead atoms. The first-order chi connectivity index (χ1) is 11.9. The highest BCUT2D eigenvalue weighted by Crippen LogP contribution is 2.27. The standard InChI is InChI=1S/C16H14ClN3O5/c1-25-14-6-5-11(8-13(14)17)19-15(21)9-18-16(22)10-3-2-4-12(7-10)20(23)24/h2-8H,9H2,1H3,(H,18,22)(H,19,21). The van der Waals surface area contributed by atoms with Gasteiger partial charge in [0.15, 0.2) is 0 Å². The van der Waals surface area contributed by atoms with Gasteiger partial charge >= 0.3 is 0 Å². The third-order valence-corrected chi connectivity index (χ3v) is 3.46. The number of carbonyl (C=O) groups is 2. The zero-order valence-electron chi connectivity index (χ0n) is 13.1. The van der Waals surface area contributed by atoms with Crippen LogP contribution in [0.3, 0.4) is 0 Å². The molecule has 0 heterocycles. The van der Waals surface area contributed by atoms with Crippen molar-refractivity contribution in [3.05, 3.63) is 63.2 Å². The van der Waals surface area contributed by atoms with Crippen LogP contribution in [-0.2, 0) is 4.79 Å². The molecule has 0 fully saturated rings. The van der Waals surface area contributed by atoms with Crippen LogP contribution in [0.15, 0.2) is 42.5 Å². The predicted octanol–water partition coefficient (Wildman–Crippen LogP) is 2.63. The van der Waals surface area contributed by atoms with E-state index in [-0.39, 0.29) is 17.8 Å². The number of ether oxygens (including phenoxy) is 1. The predicted molar refractivity (Wildman–Crippen MR) is 92.1 cm³/mol. The highest BCUT2D eigenvalue weighted by molar-refractivity contribution is 6.32. The van der Waals surface area contributed by atoms with Crippen molar-refractivity contribution in [1.29, 1.82) is 0 Å². The highest BCUT2D eigenvalue weighted by atomic mass is 35.5. The largest absolute Gasteiger partial charge is 0.495 e. The molecule has 2 rings (SSSR count). The van der Waals surface area contributed by atoms with E-state index < -0.39 is 16.7 Å². The number of hydrogen-bond donors (Lipinski definition) is 2. The van der Waals surface area contributed by atoms with Crippen LogP contribution < -0.4 is 15.4 Å². The van der Waals surface area contributed by atoms with E-state index in [1.807, 2.05) is 0 Å². The van der Waals surface area contributed by atoms with Crippen LogP contribution in [0.25, 0.3) is 0 Å². The molecule has 0 radical (unpaired) electrons. The van der Waals surface area contributed by atoms with Crippen LogP contribution in [0, 0.1) is 10.1 Å². The Kier molecular flexibility index (Phi) is 5.91. The Hall–Kier alpha value is -3.13. The number of methoxy groups -OCH3 is 1. The Balaban J connectivity index is 1.93. The summed E-state index contributed by atoms with van der Waals surface area (Å²) in [6.07, 6.45) is 0. The Labute approximate surface area is 147 Å². The van der Waals surface area contributed by atoms with Gasteiger partial charge in [-0.25, -0.2) is 0 Å². The van der Waals surface area contributed by atoms with Crippen LogP contribution in [0.1, 0.15) is 10.4 Å². The van der Waals surface area contributed by atoms with Gasteiger partial charge in [0, 0.05) is 23.4 Å². The highest BCUT2D eigenvalue weighted by Gasteiger charge is 2.13. The molecule has 0 aliphatic rings. The van der Waals surface area contributed by atoms with Crippen molar-refractivity contribution < 1.29 is 19.2 Å². The number of non-ortho nitro benzene ring substituents is 1. The maximum absolute atomic E-state index is 12.0. The van der Waals surface area contributed by atoms with E-state index in [4.69, 9.17) is 16.3 Å². The minimum atomic E-state index is -0.600. The van der Waals surface area contributed by atoms with E-state index in [2.05, 4.69) is 10.6 Å². The number of rotatable bonds is 6. The van der Waals surface area contributed by atoms with Crippen LogP contribution >= 0.6 is 11.6 Å². The van der Waals surface area contributed by atoms with Gasteiger partial charge in [-0.3, -0.25) is 19.7 Å². The zero-order valence-corrected chi connectivity index (χ0v) is 13.9. The van der Waals surface area contributed by atoms with E-state index in [9.17, 15) is 19.7 Å². The Bertz CT molecular complexity index is 825. The van der Waals surface area contributed by atoms with Crippen LogP contribution in [-0.4, -0.2) is 30.4 Å². The number of nitrogens with one attached hydrogen (secondary N) is 2. The van der Waals surface area contributed by atoms with Crippen LogP contribution in [0.5, 0.6) is 5.75 Å². The molecule has 2 aromatic carbocycles. The number of carbonyl (C=O) groups excluding carboxylic acids is 2. The minimum absolute atomic E-state index is 0.0921. The molecule has 0 aliphatic heterocycles. The van der Waals surface area contributed by atoms with Crippen molar-refractivity contribution in [3.63, 3.8) is 0 Å². The molecule has 0 saturated carbocycles. The summed E-state index contributed by atoms with van der Waals surface area (Å²) in [5.41, 5.74) is 0.333. The molecule has 0 atom stereocenters. The molecule has 130 valence electrons. The maximum Gasteiger partial charge on any atom is 0.270 e. The SMILES string of the molecule is COc1ccc(NC(=O)CNC(=O)c2cccc([N+](=O)[O-])c2)cc1Cl. The zero-order chi connectivity index (χ0) is 18.4. The minimum Gasteiger partial charge on any atom is -0.495 e. The fraction of sp³-hybridized carbons (Fsp3) is 0.125. The molecule has 25 heavy (non-hydrogen) atoms. The molecular weight excluding hydrogens is 350 g/mol. The smallest absolute Gasteiger partial charge is 0.270 e. The topological polar surface area (TPSA) is 111 Å². The van der Waals surface area contributed by atoms with Crippen molar-refractivity contribution in [3.8, 4) is 5.75 Å². The van der Waals surface area contributed by atoms with Crippen LogP contribution in [0.4, 0.5) is 11.4 Å². The molecule has 2 amide bonds. The summed E-state index contributed by atoms with van der Waals surface area (Å²) in [6.45, 7) is -0.300. The van der Waals surface area contributed by atoms with E-state index in [1.54, 1.807) is 12.1 Å². The van der Waals surface area contributed by atoms with Gasteiger partial charge in [-0.2, -0.15) is 0 Å². The fourth-order valence-electron chi connectivity index (χ4n) is 1.97. The van der Waals surface area contributed by atoms with E-state index >= 15 is 0 Å².